The van der Waals surface area contributed by atoms with Crippen LogP contribution in [0.25, 0.3) is 0 Å². The lowest BCUT2D eigenvalue weighted by molar-refractivity contribution is 0.0735. The first-order valence-corrected chi connectivity index (χ1v) is 10.1. The van der Waals surface area contributed by atoms with E-state index in [1.165, 1.54) is 6.07 Å². The second kappa shape index (κ2) is 7.40. The Hall–Kier alpha value is -3.65. The van der Waals surface area contributed by atoms with Crippen molar-refractivity contribution in [2.24, 2.45) is 4.40 Å². The van der Waals surface area contributed by atoms with Crippen molar-refractivity contribution in [2.45, 2.75) is 4.90 Å². The number of anilines is 1. The number of ether oxygens (including phenoxy) is 2. The number of amidine groups is 1. The fourth-order valence-electron chi connectivity index (χ4n) is 2.86. The number of hydrogen-bond donors (Lipinski definition) is 1. The lowest BCUT2D eigenvalue weighted by Crippen LogP contribution is -2.12. The van der Waals surface area contributed by atoms with Crippen LogP contribution in [-0.4, -0.2) is 27.3 Å². The van der Waals surface area contributed by atoms with Gasteiger partial charge in [0.1, 0.15) is 16.4 Å². The molecular weight excluding hydrogens is 392 g/mol. The van der Waals surface area contributed by atoms with Gasteiger partial charge in [0.05, 0.1) is 12.7 Å². The van der Waals surface area contributed by atoms with Gasteiger partial charge >= 0.3 is 5.97 Å². The van der Waals surface area contributed by atoms with Crippen LogP contribution in [0.2, 0.25) is 0 Å². The zero-order valence-corrected chi connectivity index (χ0v) is 16.1. The maximum absolute atomic E-state index is 12.3. The van der Waals surface area contributed by atoms with Crippen LogP contribution < -0.4 is 14.8 Å². The van der Waals surface area contributed by atoms with Gasteiger partial charge in [-0.2, -0.15) is 8.42 Å². The molecule has 146 valence electrons. The van der Waals surface area contributed by atoms with Crippen molar-refractivity contribution >= 4 is 27.5 Å². The average Bonchev–Trinajstić information content (AvgIpc) is 2.98. The molecule has 8 heteroatoms. The quantitative estimate of drug-likeness (QED) is 0.525. The summed E-state index contributed by atoms with van der Waals surface area (Å²) in [6.07, 6.45) is 0. The van der Waals surface area contributed by atoms with Crippen molar-refractivity contribution in [3.8, 4) is 11.5 Å². The van der Waals surface area contributed by atoms with Crippen LogP contribution in [0.15, 0.2) is 82.1 Å². The SMILES string of the molecule is COc1ccc(C(=O)Oc2cccc(NC3=NS(=O)(=O)c4ccccc43)c2)cc1. The van der Waals surface area contributed by atoms with E-state index in [9.17, 15) is 13.2 Å². The Balaban J connectivity index is 1.53. The maximum atomic E-state index is 12.3. The van der Waals surface area contributed by atoms with Gasteiger partial charge in [-0.3, -0.25) is 0 Å². The van der Waals surface area contributed by atoms with E-state index in [-0.39, 0.29) is 10.7 Å². The van der Waals surface area contributed by atoms with Gasteiger partial charge in [0.2, 0.25) is 0 Å². The molecule has 0 spiro atoms. The molecule has 0 aromatic heterocycles. The van der Waals surface area contributed by atoms with Crippen LogP contribution in [0.3, 0.4) is 0 Å². The minimum atomic E-state index is -3.72. The molecule has 29 heavy (non-hydrogen) atoms. The van der Waals surface area contributed by atoms with E-state index in [4.69, 9.17) is 9.47 Å². The number of nitrogens with one attached hydrogen (secondary N) is 1. The Morgan fingerprint density at radius 3 is 2.45 bits per heavy atom. The fourth-order valence-corrected chi connectivity index (χ4v) is 4.04. The number of esters is 1. The first kappa shape index (κ1) is 18.7. The number of nitrogens with zero attached hydrogens (tertiary/aromatic N) is 1. The molecule has 0 saturated heterocycles. The monoisotopic (exact) mass is 408 g/mol. The van der Waals surface area contributed by atoms with Gasteiger partial charge in [0.25, 0.3) is 10.0 Å². The molecule has 1 heterocycles. The van der Waals surface area contributed by atoms with Crippen LogP contribution in [0.1, 0.15) is 15.9 Å². The highest BCUT2D eigenvalue weighted by atomic mass is 32.2. The van der Waals surface area contributed by atoms with E-state index in [2.05, 4.69) is 9.71 Å². The van der Waals surface area contributed by atoms with Crippen LogP contribution in [0.5, 0.6) is 11.5 Å². The molecular formula is C21H16N2O5S. The summed E-state index contributed by atoms with van der Waals surface area (Å²) in [7, 11) is -2.17. The lowest BCUT2D eigenvalue weighted by Gasteiger charge is -2.09. The number of carbonyl (C=O) groups excluding carboxylic acids is 1. The summed E-state index contributed by atoms with van der Waals surface area (Å²) in [5, 5.41) is 2.98. The summed E-state index contributed by atoms with van der Waals surface area (Å²) >= 11 is 0. The minimum absolute atomic E-state index is 0.157. The van der Waals surface area contributed by atoms with E-state index < -0.39 is 16.0 Å². The molecule has 1 aliphatic heterocycles. The van der Waals surface area contributed by atoms with Crippen molar-refractivity contribution < 1.29 is 22.7 Å². The van der Waals surface area contributed by atoms with E-state index in [1.54, 1.807) is 73.8 Å². The Kier molecular flexibility index (Phi) is 4.77. The molecule has 0 amide bonds. The van der Waals surface area contributed by atoms with Gasteiger partial charge in [0.15, 0.2) is 5.84 Å². The van der Waals surface area contributed by atoms with Crippen LogP contribution >= 0.6 is 0 Å². The molecule has 4 rings (SSSR count). The van der Waals surface area contributed by atoms with E-state index in [0.717, 1.165) is 0 Å². The van der Waals surface area contributed by atoms with Gasteiger partial charge in [-0.05, 0) is 48.5 Å². The van der Waals surface area contributed by atoms with Crippen molar-refractivity contribution in [2.75, 3.05) is 12.4 Å². The number of hydrogen-bond acceptors (Lipinski definition) is 6. The first-order chi connectivity index (χ1) is 14.0. The average molecular weight is 408 g/mol. The first-order valence-electron chi connectivity index (χ1n) is 8.64. The Morgan fingerprint density at radius 1 is 0.931 bits per heavy atom. The minimum Gasteiger partial charge on any atom is -0.497 e. The topological polar surface area (TPSA) is 94.1 Å². The molecule has 7 nitrogen and oxygen atoms in total. The van der Waals surface area contributed by atoms with E-state index in [0.29, 0.717) is 28.3 Å². The third-order valence-corrected chi connectivity index (χ3v) is 5.60. The number of methoxy groups -OCH3 is 1. The Labute approximate surface area is 167 Å². The molecule has 0 bridgehead atoms. The zero-order valence-electron chi connectivity index (χ0n) is 15.3. The summed E-state index contributed by atoms with van der Waals surface area (Å²) in [5.41, 5.74) is 1.41. The molecule has 3 aromatic rings. The summed E-state index contributed by atoms with van der Waals surface area (Å²) < 4.78 is 38.6. The molecule has 1 aliphatic rings. The third kappa shape index (κ3) is 3.83. The molecule has 3 aromatic carbocycles. The van der Waals surface area contributed by atoms with Gasteiger partial charge in [-0.15, -0.1) is 4.40 Å². The number of fused-ring (bicyclic) bond motifs is 1. The summed E-state index contributed by atoms with van der Waals surface area (Å²) in [4.78, 5) is 12.5. The van der Waals surface area contributed by atoms with Crippen molar-refractivity contribution in [1.29, 1.82) is 0 Å². The lowest BCUT2D eigenvalue weighted by atomic mass is 10.2. The van der Waals surface area contributed by atoms with Gasteiger partial charge < -0.3 is 14.8 Å². The number of benzene rings is 3. The summed E-state index contributed by atoms with van der Waals surface area (Å²) in [6.45, 7) is 0. The van der Waals surface area contributed by atoms with E-state index >= 15 is 0 Å². The van der Waals surface area contributed by atoms with Crippen LogP contribution in [0, 0.1) is 0 Å². The van der Waals surface area contributed by atoms with Crippen molar-refractivity contribution in [1.82, 2.24) is 0 Å². The molecule has 0 saturated carbocycles. The highest BCUT2D eigenvalue weighted by molar-refractivity contribution is 7.90. The van der Waals surface area contributed by atoms with Crippen LogP contribution in [-0.2, 0) is 10.0 Å². The molecule has 0 fully saturated rings. The molecule has 0 aliphatic carbocycles. The van der Waals surface area contributed by atoms with Crippen molar-refractivity contribution in [3.63, 3.8) is 0 Å². The highest BCUT2D eigenvalue weighted by Crippen LogP contribution is 2.27. The second-order valence-electron chi connectivity index (χ2n) is 6.18. The van der Waals surface area contributed by atoms with Gasteiger partial charge in [-0.25, -0.2) is 4.79 Å². The number of rotatable bonds is 4. The second-order valence-corrected chi connectivity index (χ2v) is 7.75. The summed E-state index contributed by atoms with van der Waals surface area (Å²) in [6, 6.07) is 19.8. The van der Waals surface area contributed by atoms with Crippen molar-refractivity contribution in [3.05, 3.63) is 83.9 Å². The molecule has 1 N–H and O–H groups in total. The number of sulfonamides is 1. The summed E-state index contributed by atoms with van der Waals surface area (Å²) in [5.74, 6) is 0.654. The predicted molar refractivity (Wildman–Crippen MR) is 108 cm³/mol. The fraction of sp³-hybridized carbons (Fsp3) is 0.0476. The van der Waals surface area contributed by atoms with Gasteiger partial charge in [0, 0.05) is 17.3 Å². The highest BCUT2D eigenvalue weighted by Gasteiger charge is 2.28. The zero-order chi connectivity index (χ0) is 20.4. The normalized spacial score (nSPS) is 13.9. The van der Waals surface area contributed by atoms with E-state index in [1.807, 2.05) is 0 Å². The van der Waals surface area contributed by atoms with Gasteiger partial charge in [-0.1, -0.05) is 18.2 Å². The largest absolute Gasteiger partial charge is 0.497 e. The maximum Gasteiger partial charge on any atom is 0.343 e. The Bertz CT molecular complexity index is 1220. The molecule has 0 atom stereocenters. The standard InChI is InChI=1S/C21H16N2O5S/c1-27-16-11-9-14(10-12-16)21(24)28-17-6-4-5-15(13-17)22-20-18-7-2-3-8-19(18)29(25,26)23-20/h2-13H,1H3,(H,22,23). The smallest absolute Gasteiger partial charge is 0.343 e. The third-order valence-electron chi connectivity index (χ3n) is 4.26. The predicted octanol–water partition coefficient (Wildman–Crippen LogP) is 3.48. The van der Waals surface area contributed by atoms with Crippen LogP contribution in [0.4, 0.5) is 5.69 Å². The molecule has 0 unspecified atom stereocenters. The molecule has 0 radical (unpaired) electrons. The number of carbonyl (C=O) groups is 1. The Morgan fingerprint density at radius 2 is 1.69 bits per heavy atom.